The molecule has 0 saturated carbocycles. The Morgan fingerprint density at radius 3 is 2.44 bits per heavy atom. The number of hydrogen-bond acceptors (Lipinski definition) is 3. The highest BCUT2D eigenvalue weighted by Gasteiger charge is 2.36. The van der Waals surface area contributed by atoms with Crippen molar-refractivity contribution in [3.8, 4) is 0 Å². The molecule has 16 heavy (non-hydrogen) atoms. The molecule has 3 heteroatoms. The summed E-state index contributed by atoms with van der Waals surface area (Å²) < 4.78 is 0. The first kappa shape index (κ1) is 13.9. The van der Waals surface area contributed by atoms with Crippen molar-refractivity contribution in [3.05, 3.63) is 0 Å². The highest BCUT2D eigenvalue weighted by molar-refractivity contribution is 4.93. The third-order valence-electron chi connectivity index (χ3n) is 3.81. The molecule has 2 atom stereocenters. The first-order valence-corrected chi connectivity index (χ1v) is 6.54. The van der Waals surface area contributed by atoms with E-state index in [0.29, 0.717) is 12.0 Å². The van der Waals surface area contributed by atoms with Crippen LogP contribution in [0.15, 0.2) is 0 Å². The molecule has 1 rings (SSSR count). The van der Waals surface area contributed by atoms with Gasteiger partial charge in [0.05, 0.1) is 0 Å². The van der Waals surface area contributed by atoms with Gasteiger partial charge in [0.1, 0.15) is 0 Å². The Bertz CT molecular complexity index is 217. The Labute approximate surface area is 101 Å². The molecule has 0 aromatic carbocycles. The predicted octanol–water partition coefficient (Wildman–Crippen LogP) is 1.39. The highest BCUT2D eigenvalue weighted by Crippen LogP contribution is 2.27. The van der Waals surface area contributed by atoms with E-state index in [0.717, 1.165) is 26.2 Å². The number of nitrogens with two attached hydrogens (primary N) is 1. The molecule has 0 amide bonds. The summed E-state index contributed by atoms with van der Waals surface area (Å²) >= 11 is 0. The van der Waals surface area contributed by atoms with E-state index in [2.05, 4.69) is 44.5 Å². The van der Waals surface area contributed by atoms with Crippen LogP contribution in [0.25, 0.3) is 0 Å². The van der Waals surface area contributed by atoms with Crippen LogP contribution in [0.5, 0.6) is 0 Å². The van der Waals surface area contributed by atoms with Gasteiger partial charge in [0.15, 0.2) is 0 Å². The largest absolute Gasteiger partial charge is 0.329 e. The zero-order valence-corrected chi connectivity index (χ0v) is 11.7. The minimum Gasteiger partial charge on any atom is -0.329 e. The fraction of sp³-hybridized carbons (Fsp3) is 1.00. The zero-order valence-electron chi connectivity index (χ0n) is 11.7. The maximum Gasteiger partial charge on any atom is 0.0309 e. The second-order valence-electron chi connectivity index (χ2n) is 6.10. The molecular weight excluding hydrogens is 198 g/mol. The van der Waals surface area contributed by atoms with Gasteiger partial charge in [-0.3, -0.25) is 4.90 Å². The van der Waals surface area contributed by atoms with Crippen LogP contribution in [-0.4, -0.2) is 54.6 Å². The number of nitrogens with zero attached hydrogens (tertiary/aromatic N) is 2. The predicted molar refractivity (Wildman–Crippen MR) is 70.6 cm³/mol. The van der Waals surface area contributed by atoms with E-state index < -0.39 is 0 Å². The van der Waals surface area contributed by atoms with Crippen molar-refractivity contribution in [3.63, 3.8) is 0 Å². The first-order valence-electron chi connectivity index (χ1n) is 6.54. The molecule has 1 heterocycles. The third-order valence-corrected chi connectivity index (χ3v) is 3.81. The van der Waals surface area contributed by atoms with Crippen molar-refractivity contribution in [1.82, 2.24) is 9.80 Å². The number of hydrogen-bond donors (Lipinski definition) is 1. The van der Waals surface area contributed by atoms with Crippen LogP contribution < -0.4 is 5.73 Å². The van der Waals surface area contributed by atoms with Crippen molar-refractivity contribution < 1.29 is 0 Å². The van der Waals surface area contributed by atoms with Gasteiger partial charge >= 0.3 is 0 Å². The Kier molecular flexibility index (Phi) is 4.77. The van der Waals surface area contributed by atoms with Crippen LogP contribution in [0.2, 0.25) is 0 Å². The molecule has 2 unspecified atom stereocenters. The van der Waals surface area contributed by atoms with E-state index in [9.17, 15) is 0 Å². The van der Waals surface area contributed by atoms with Crippen molar-refractivity contribution >= 4 is 0 Å². The molecule has 0 aromatic rings. The van der Waals surface area contributed by atoms with E-state index in [1.807, 2.05) is 0 Å². The van der Waals surface area contributed by atoms with E-state index in [-0.39, 0.29) is 5.54 Å². The van der Waals surface area contributed by atoms with Crippen LogP contribution in [0, 0.1) is 5.92 Å². The van der Waals surface area contributed by atoms with Gasteiger partial charge in [-0.15, -0.1) is 0 Å². The lowest BCUT2D eigenvalue weighted by atomic mass is 9.87. The number of likely N-dealkylation sites (N-methyl/N-ethyl adjacent to an activating group) is 1. The molecule has 0 radical (unpaired) electrons. The molecule has 96 valence electrons. The Hall–Kier alpha value is -0.120. The second-order valence-corrected chi connectivity index (χ2v) is 6.10. The fourth-order valence-electron chi connectivity index (χ4n) is 3.14. The summed E-state index contributed by atoms with van der Waals surface area (Å²) in [7, 11) is 2.20. The van der Waals surface area contributed by atoms with Crippen LogP contribution in [0.3, 0.4) is 0 Å². The second kappa shape index (κ2) is 5.48. The molecule has 1 fully saturated rings. The maximum atomic E-state index is 6.03. The standard InChI is InChI=1S/C13H29N3/c1-11(2)8-13(4,10-14)16-7-6-15(5)9-12(16)3/h11-12H,6-10,14H2,1-5H3. The molecule has 0 bridgehead atoms. The topological polar surface area (TPSA) is 32.5 Å². The van der Waals surface area contributed by atoms with Gasteiger partial charge in [-0.2, -0.15) is 0 Å². The maximum absolute atomic E-state index is 6.03. The molecule has 3 nitrogen and oxygen atoms in total. The quantitative estimate of drug-likeness (QED) is 0.788. The summed E-state index contributed by atoms with van der Waals surface area (Å²) in [6, 6.07) is 0.617. The van der Waals surface area contributed by atoms with E-state index in [4.69, 9.17) is 5.73 Å². The first-order chi connectivity index (χ1) is 7.39. The monoisotopic (exact) mass is 227 g/mol. The summed E-state index contributed by atoms with van der Waals surface area (Å²) in [6.45, 7) is 13.5. The molecular formula is C13H29N3. The summed E-state index contributed by atoms with van der Waals surface area (Å²) in [5.74, 6) is 0.709. The van der Waals surface area contributed by atoms with Gasteiger partial charge in [0, 0.05) is 37.8 Å². The molecule has 1 aliphatic rings. The van der Waals surface area contributed by atoms with Gasteiger partial charge < -0.3 is 10.6 Å². The van der Waals surface area contributed by atoms with E-state index >= 15 is 0 Å². The summed E-state index contributed by atoms with van der Waals surface area (Å²) in [5, 5.41) is 0. The number of piperazine rings is 1. The van der Waals surface area contributed by atoms with Crippen LogP contribution >= 0.6 is 0 Å². The SMILES string of the molecule is CC(C)CC(C)(CN)N1CCN(C)CC1C. The summed E-state index contributed by atoms with van der Waals surface area (Å²) in [5.41, 5.74) is 6.20. The van der Waals surface area contributed by atoms with Gasteiger partial charge in [-0.1, -0.05) is 13.8 Å². The van der Waals surface area contributed by atoms with E-state index in [1.165, 1.54) is 6.42 Å². The molecule has 0 aliphatic carbocycles. The summed E-state index contributed by atoms with van der Waals surface area (Å²) in [4.78, 5) is 5.03. The Morgan fingerprint density at radius 1 is 1.38 bits per heavy atom. The molecule has 1 aliphatic heterocycles. The smallest absolute Gasteiger partial charge is 0.0309 e. The van der Waals surface area contributed by atoms with Crippen molar-refractivity contribution in [2.75, 3.05) is 33.2 Å². The van der Waals surface area contributed by atoms with Crippen LogP contribution in [0.1, 0.15) is 34.1 Å². The van der Waals surface area contributed by atoms with Gasteiger partial charge in [0.25, 0.3) is 0 Å². The lowest BCUT2D eigenvalue weighted by Crippen LogP contribution is -2.62. The third kappa shape index (κ3) is 3.19. The lowest BCUT2D eigenvalue weighted by molar-refractivity contribution is 0.00206. The van der Waals surface area contributed by atoms with Gasteiger partial charge in [0.2, 0.25) is 0 Å². The minimum absolute atomic E-state index is 0.175. The average molecular weight is 227 g/mol. The average Bonchev–Trinajstić information content (AvgIpc) is 2.16. The highest BCUT2D eigenvalue weighted by atomic mass is 15.3. The molecule has 0 aromatic heterocycles. The van der Waals surface area contributed by atoms with E-state index in [1.54, 1.807) is 0 Å². The molecule has 0 spiro atoms. The van der Waals surface area contributed by atoms with Crippen molar-refractivity contribution in [2.45, 2.75) is 45.7 Å². The van der Waals surface area contributed by atoms with Crippen molar-refractivity contribution in [2.24, 2.45) is 11.7 Å². The Morgan fingerprint density at radius 2 is 2.00 bits per heavy atom. The number of rotatable bonds is 4. The minimum atomic E-state index is 0.175. The van der Waals surface area contributed by atoms with Crippen LogP contribution in [-0.2, 0) is 0 Å². The molecule has 1 saturated heterocycles. The Balaban J connectivity index is 2.71. The zero-order chi connectivity index (χ0) is 12.3. The van der Waals surface area contributed by atoms with Gasteiger partial charge in [-0.25, -0.2) is 0 Å². The van der Waals surface area contributed by atoms with Gasteiger partial charge in [-0.05, 0) is 33.2 Å². The normalized spacial score (nSPS) is 28.3. The van der Waals surface area contributed by atoms with Crippen LogP contribution in [0.4, 0.5) is 0 Å². The fourth-order valence-corrected chi connectivity index (χ4v) is 3.14. The lowest BCUT2D eigenvalue weighted by Gasteiger charge is -2.49. The molecule has 2 N–H and O–H groups in total. The summed E-state index contributed by atoms with van der Waals surface area (Å²) in [6.07, 6.45) is 1.19. The van der Waals surface area contributed by atoms with Crippen molar-refractivity contribution in [1.29, 1.82) is 0 Å².